The maximum atomic E-state index is 11.9. The summed E-state index contributed by atoms with van der Waals surface area (Å²) < 4.78 is 25.8. The number of rotatable bonds is 7. The van der Waals surface area contributed by atoms with E-state index >= 15 is 0 Å². The average molecular weight is 310 g/mol. The van der Waals surface area contributed by atoms with Crippen LogP contribution in [0.3, 0.4) is 0 Å². The fourth-order valence-electron chi connectivity index (χ4n) is 1.81. The summed E-state index contributed by atoms with van der Waals surface area (Å²) in [5, 5.41) is 2.73. The van der Waals surface area contributed by atoms with Gasteiger partial charge in [-0.25, -0.2) is 13.1 Å². The van der Waals surface area contributed by atoms with E-state index in [0.717, 1.165) is 12.8 Å². The van der Waals surface area contributed by atoms with Crippen molar-refractivity contribution in [2.45, 2.75) is 30.6 Å². The molecule has 0 aromatic heterocycles. The van der Waals surface area contributed by atoms with Crippen LogP contribution in [0, 0.1) is 5.92 Å². The molecular weight excluding hydrogens is 292 g/mol. The van der Waals surface area contributed by atoms with Gasteiger partial charge in [0.25, 0.3) is 10.0 Å². The first-order chi connectivity index (χ1) is 9.99. The van der Waals surface area contributed by atoms with Gasteiger partial charge in [0.2, 0.25) is 11.8 Å². The topological polar surface area (TPSA) is 92.3 Å². The molecule has 0 saturated heterocycles. The van der Waals surface area contributed by atoms with Crippen molar-refractivity contribution in [2.24, 2.45) is 5.92 Å². The number of sulfonamides is 1. The fourth-order valence-corrected chi connectivity index (χ4v) is 2.84. The molecule has 1 aliphatic rings. The average Bonchev–Trinajstić information content (AvgIpc) is 3.28. The summed E-state index contributed by atoms with van der Waals surface area (Å²) in [4.78, 5) is 23.0. The molecule has 2 rings (SSSR count). The summed E-state index contributed by atoms with van der Waals surface area (Å²) in [6.45, 7) is 0.383. The number of carbonyl (C=O) groups is 2. The highest BCUT2D eigenvalue weighted by Crippen LogP contribution is 2.28. The Morgan fingerprint density at radius 2 is 1.81 bits per heavy atom. The largest absolute Gasteiger partial charge is 0.356 e. The first-order valence-corrected chi connectivity index (χ1v) is 8.36. The molecule has 2 N–H and O–H groups in total. The molecule has 1 aliphatic carbocycles. The molecule has 1 fully saturated rings. The highest BCUT2D eigenvalue weighted by atomic mass is 32.2. The molecular formula is C14H18N2O4S. The quantitative estimate of drug-likeness (QED) is 0.729. The van der Waals surface area contributed by atoms with Crippen LogP contribution in [0.4, 0.5) is 0 Å². The number of benzene rings is 1. The van der Waals surface area contributed by atoms with Gasteiger partial charge in [-0.3, -0.25) is 9.59 Å². The van der Waals surface area contributed by atoms with E-state index in [0.29, 0.717) is 13.0 Å². The highest BCUT2D eigenvalue weighted by molar-refractivity contribution is 7.90. The summed E-state index contributed by atoms with van der Waals surface area (Å²) in [6, 6.07) is 7.72. The van der Waals surface area contributed by atoms with Crippen LogP contribution in [0.15, 0.2) is 35.2 Å². The van der Waals surface area contributed by atoms with E-state index in [9.17, 15) is 18.0 Å². The predicted octanol–water partition coefficient (Wildman–Crippen LogP) is 0.798. The standard InChI is InChI=1S/C14H18N2O4S/c17-13(7-4-10-15-14(18)11-8-9-11)16-21(19,20)12-5-2-1-3-6-12/h1-3,5-6,11H,4,7-10H2,(H,15,18)(H,16,17). The summed E-state index contributed by atoms with van der Waals surface area (Å²) in [5.41, 5.74) is 0. The molecule has 21 heavy (non-hydrogen) atoms. The molecule has 0 aliphatic heterocycles. The molecule has 6 nitrogen and oxygen atoms in total. The fraction of sp³-hybridized carbons (Fsp3) is 0.429. The monoisotopic (exact) mass is 310 g/mol. The van der Waals surface area contributed by atoms with E-state index in [1.165, 1.54) is 12.1 Å². The summed E-state index contributed by atoms with van der Waals surface area (Å²) in [5.74, 6) is -0.413. The SMILES string of the molecule is O=C(CCCNC(=O)C1CC1)NS(=O)(=O)c1ccccc1. The smallest absolute Gasteiger partial charge is 0.264 e. The van der Waals surface area contributed by atoms with Gasteiger partial charge in [-0.05, 0) is 31.4 Å². The summed E-state index contributed by atoms with van der Waals surface area (Å²) in [6.07, 6.45) is 2.33. The second kappa shape index (κ2) is 6.71. The molecule has 0 radical (unpaired) electrons. The number of amides is 2. The Labute approximate surface area is 124 Å². The highest BCUT2D eigenvalue weighted by Gasteiger charge is 2.29. The van der Waals surface area contributed by atoms with E-state index in [1.807, 2.05) is 4.72 Å². The van der Waals surface area contributed by atoms with Crippen molar-refractivity contribution >= 4 is 21.8 Å². The molecule has 1 aromatic rings. The lowest BCUT2D eigenvalue weighted by Crippen LogP contribution is -2.32. The molecule has 7 heteroatoms. The second-order valence-corrected chi connectivity index (χ2v) is 6.69. The Balaban J connectivity index is 1.72. The van der Waals surface area contributed by atoms with Crippen LogP contribution in [-0.2, 0) is 19.6 Å². The lowest BCUT2D eigenvalue weighted by molar-refractivity contribution is -0.123. The van der Waals surface area contributed by atoms with E-state index < -0.39 is 15.9 Å². The minimum atomic E-state index is -3.80. The Bertz CT molecular complexity index is 609. The van der Waals surface area contributed by atoms with Gasteiger partial charge in [0.15, 0.2) is 0 Å². The van der Waals surface area contributed by atoms with Gasteiger partial charge in [0, 0.05) is 18.9 Å². The van der Waals surface area contributed by atoms with Crippen molar-refractivity contribution < 1.29 is 18.0 Å². The van der Waals surface area contributed by atoms with Gasteiger partial charge >= 0.3 is 0 Å². The zero-order valence-corrected chi connectivity index (χ0v) is 12.4. The van der Waals surface area contributed by atoms with Crippen molar-refractivity contribution in [1.82, 2.24) is 10.0 Å². The number of carbonyl (C=O) groups excluding carboxylic acids is 2. The van der Waals surface area contributed by atoms with Crippen molar-refractivity contribution in [3.05, 3.63) is 30.3 Å². The third-order valence-electron chi connectivity index (χ3n) is 3.13. The molecule has 114 valence electrons. The van der Waals surface area contributed by atoms with Crippen molar-refractivity contribution in [1.29, 1.82) is 0 Å². The van der Waals surface area contributed by atoms with Crippen LogP contribution in [0.5, 0.6) is 0 Å². The van der Waals surface area contributed by atoms with E-state index in [-0.39, 0.29) is 23.1 Å². The molecule has 1 saturated carbocycles. The molecule has 0 spiro atoms. The molecule has 1 aromatic carbocycles. The number of hydrogen-bond donors (Lipinski definition) is 2. The first kappa shape index (κ1) is 15.5. The lowest BCUT2D eigenvalue weighted by atomic mass is 10.3. The zero-order valence-electron chi connectivity index (χ0n) is 11.5. The number of nitrogens with one attached hydrogen (secondary N) is 2. The van der Waals surface area contributed by atoms with Crippen LogP contribution in [0.25, 0.3) is 0 Å². The van der Waals surface area contributed by atoms with Crippen molar-refractivity contribution in [3.63, 3.8) is 0 Å². The van der Waals surface area contributed by atoms with Crippen LogP contribution >= 0.6 is 0 Å². The first-order valence-electron chi connectivity index (χ1n) is 6.87. The van der Waals surface area contributed by atoms with Crippen molar-refractivity contribution in [3.8, 4) is 0 Å². The summed E-state index contributed by atoms with van der Waals surface area (Å²) >= 11 is 0. The maximum Gasteiger partial charge on any atom is 0.264 e. The van der Waals surface area contributed by atoms with Gasteiger partial charge in [0.1, 0.15) is 0 Å². The van der Waals surface area contributed by atoms with Gasteiger partial charge in [-0.15, -0.1) is 0 Å². The Morgan fingerprint density at radius 1 is 1.14 bits per heavy atom. The molecule has 0 unspecified atom stereocenters. The van der Waals surface area contributed by atoms with Gasteiger partial charge in [0.05, 0.1) is 4.90 Å². The second-order valence-electron chi connectivity index (χ2n) is 5.01. The van der Waals surface area contributed by atoms with Crippen LogP contribution in [0.1, 0.15) is 25.7 Å². The maximum absolute atomic E-state index is 11.9. The van der Waals surface area contributed by atoms with Crippen LogP contribution in [0.2, 0.25) is 0 Å². The third kappa shape index (κ3) is 4.86. The molecule has 2 amide bonds. The van der Waals surface area contributed by atoms with Crippen molar-refractivity contribution in [2.75, 3.05) is 6.54 Å². The van der Waals surface area contributed by atoms with E-state index in [2.05, 4.69) is 5.32 Å². The van der Waals surface area contributed by atoms with Gasteiger partial charge < -0.3 is 5.32 Å². The normalized spacial score (nSPS) is 14.5. The Morgan fingerprint density at radius 3 is 2.43 bits per heavy atom. The zero-order chi connectivity index (χ0) is 15.3. The predicted molar refractivity (Wildman–Crippen MR) is 76.7 cm³/mol. The van der Waals surface area contributed by atoms with Crippen LogP contribution in [-0.4, -0.2) is 26.8 Å². The molecule has 0 bridgehead atoms. The van der Waals surface area contributed by atoms with Gasteiger partial charge in [-0.1, -0.05) is 18.2 Å². The minimum Gasteiger partial charge on any atom is -0.356 e. The minimum absolute atomic E-state index is 0.0207. The van der Waals surface area contributed by atoms with E-state index in [1.54, 1.807) is 18.2 Å². The molecule has 0 atom stereocenters. The third-order valence-corrected chi connectivity index (χ3v) is 4.52. The molecule has 0 heterocycles. The Kier molecular flexibility index (Phi) is 4.95. The summed E-state index contributed by atoms with van der Waals surface area (Å²) in [7, 11) is -3.80. The van der Waals surface area contributed by atoms with E-state index in [4.69, 9.17) is 0 Å². The lowest BCUT2D eigenvalue weighted by Gasteiger charge is -2.07. The number of hydrogen-bond acceptors (Lipinski definition) is 4. The van der Waals surface area contributed by atoms with Gasteiger partial charge in [-0.2, -0.15) is 0 Å². The Hall–Kier alpha value is -1.89. The van der Waals surface area contributed by atoms with Crippen LogP contribution < -0.4 is 10.0 Å².